The van der Waals surface area contributed by atoms with E-state index >= 15 is 0 Å². The van der Waals surface area contributed by atoms with Crippen molar-refractivity contribution in [3.8, 4) is 5.75 Å². The van der Waals surface area contributed by atoms with Crippen LogP contribution < -0.4 is 9.64 Å². The number of hydrogen-bond donors (Lipinski definition) is 0. The summed E-state index contributed by atoms with van der Waals surface area (Å²) in [6, 6.07) is 12.5. The van der Waals surface area contributed by atoms with E-state index in [1.165, 1.54) is 18.2 Å². The summed E-state index contributed by atoms with van der Waals surface area (Å²) >= 11 is 6.02. The van der Waals surface area contributed by atoms with Gasteiger partial charge in [0.1, 0.15) is 5.75 Å². The molecule has 0 radical (unpaired) electrons. The van der Waals surface area contributed by atoms with Crippen LogP contribution in [0, 0.1) is 0 Å². The lowest BCUT2D eigenvalue weighted by atomic mass is 10.2. The highest BCUT2D eigenvalue weighted by Crippen LogP contribution is 2.23. The van der Waals surface area contributed by atoms with E-state index in [1.807, 2.05) is 18.2 Å². The van der Waals surface area contributed by atoms with E-state index < -0.39 is 18.9 Å². The number of rotatable bonds is 6. The molecule has 10 heteroatoms. The van der Waals surface area contributed by atoms with Crippen molar-refractivity contribution in [3.63, 3.8) is 0 Å². The number of hydrogen-bond acceptors (Lipinski definition) is 5. The Labute approximate surface area is 187 Å². The van der Waals surface area contributed by atoms with Gasteiger partial charge in [0.05, 0.1) is 0 Å². The van der Waals surface area contributed by atoms with Gasteiger partial charge in [0, 0.05) is 43.0 Å². The van der Waals surface area contributed by atoms with Gasteiger partial charge in [-0.05, 0) is 42.0 Å². The normalized spacial score (nSPS) is 14.5. The van der Waals surface area contributed by atoms with Crippen LogP contribution in [0.1, 0.15) is 5.56 Å². The zero-order valence-electron chi connectivity index (χ0n) is 16.8. The van der Waals surface area contributed by atoms with Gasteiger partial charge >= 0.3 is 12.3 Å². The first-order chi connectivity index (χ1) is 15.2. The molecule has 0 unspecified atom stereocenters. The Morgan fingerprint density at radius 2 is 1.72 bits per heavy atom. The van der Waals surface area contributed by atoms with Crippen LogP contribution in [0.5, 0.6) is 5.75 Å². The Morgan fingerprint density at radius 1 is 1.03 bits per heavy atom. The van der Waals surface area contributed by atoms with Gasteiger partial charge in [-0.25, -0.2) is 4.79 Å². The summed E-state index contributed by atoms with van der Waals surface area (Å²) in [6.07, 6.45) is -2.30. The molecule has 170 valence electrons. The lowest BCUT2D eigenvalue weighted by Crippen LogP contribution is -2.49. The first-order valence-electron chi connectivity index (χ1n) is 9.68. The second-order valence-electron chi connectivity index (χ2n) is 6.91. The van der Waals surface area contributed by atoms with Crippen molar-refractivity contribution in [2.24, 2.45) is 0 Å². The fourth-order valence-electron chi connectivity index (χ4n) is 3.10. The van der Waals surface area contributed by atoms with Crippen molar-refractivity contribution >= 4 is 35.2 Å². The van der Waals surface area contributed by atoms with Crippen LogP contribution in [0.2, 0.25) is 5.02 Å². The molecule has 0 bridgehead atoms. The molecule has 1 amide bonds. The Bertz CT molecular complexity index is 972. The first kappa shape index (κ1) is 23.5. The second-order valence-corrected chi connectivity index (χ2v) is 7.34. The van der Waals surface area contributed by atoms with Gasteiger partial charge in [0.25, 0.3) is 5.91 Å². The Balaban J connectivity index is 1.41. The minimum atomic E-state index is -4.77. The maximum Gasteiger partial charge on any atom is 0.573 e. The lowest BCUT2D eigenvalue weighted by molar-refractivity contribution is -0.274. The van der Waals surface area contributed by atoms with Gasteiger partial charge < -0.3 is 19.3 Å². The number of carbonyl (C=O) groups is 2. The topological polar surface area (TPSA) is 59.1 Å². The van der Waals surface area contributed by atoms with E-state index in [2.05, 4.69) is 9.64 Å². The molecule has 0 spiro atoms. The number of ether oxygens (including phenoxy) is 2. The summed E-state index contributed by atoms with van der Waals surface area (Å²) in [5.41, 5.74) is 1.46. The van der Waals surface area contributed by atoms with Crippen LogP contribution in [0.25, 0.3) is 6.08 Å². The number of amides is 1. The predicted molar refractivity (Wildman–Crippen MR) is 113 cm³/mol. The van der Waals surface area contributed by atoms with Crippen LogP contribution >= 0.6 is 11.6 Å². The maximum atomic E-state index is 12.3. The average molecular weight is 469 g/mol. The monoisotopic (exact) mass is 468 g/mol. The van der Waals surface area contributed by atoms with E-state index in [-0.39, 0.29) is 11.7 Å². The summed E-state index contributed by atoms with van der Waals surface area (Å²) in [4.78, 5) is 27.9. The number of esters is 1. The third kappa shape index (κ3) is 7.19. The highest BCUT2D eigenvalue weighted by Gasteiger charge is 2.30. The standard InChI is InChI=1S/C22H20ClF3N2O4/c23-17-2-1-3-18(14-17)27-10-12-28(13-11-27)20(29)15-31-21(30)9-6-16-4-7-19(8-5-16)32-22(24,25)26/h1-9,14H,10-13,15H2/b9-6+. The Hall–Kier alpha value is -3.20. The van der Waals surface area contributed by atoms with Crippen LogP contribution in [-0.4, -0.2) is 55.9 Å². The average Bonchev–Trinajstić information content (AvgIpc) is 2.76. The smallest absolute Gasteiger partial charge is 0.452 e. The molecule has 1 fully saturated rings. The minimum absolute atomic E-state index is 0.300. The number of benzene rings is 2. The van der Waals surface area contributed by atoms with Crippen molar-refractivity contribution in [1.29, 1.82) is 0 Å². The highest BCUT2D eigenvalue weighted by molar-refractivity contribution is 6.30. The molecular formula is C22H20ClF3N2O4. The Morgan fingerprint density at radius 3 is 2.34 bits per heavy atom. The van der Waals surface area contributed by atoms with Crippen LogP contribution in [0.15, 0.2) is 54.6 Å². The van der Waals surface area contributed by atoms with Gasteiger partial charge in [0.15, 0.2) is 6.61 Å². The molecule has 6 nitrogen and oxygen atoms in total. The van der Waals surface area contributed by atoms with Crippen molar-refractivity contribution < 1.29 is 32.2 Å². The molecule has 2 aromatic carbocycles. The van der Waals surface area contributed by atoms with Gasteiger partial charge in [-0.2, -0.15) is 0 Å². The zero-order chi connectivity index (χ0) is 23.1. The molecule has 3 rings (SSSR count). The quantitative estimate of drug-likeness (QED) is 0.471. The van der Waals surface area contributed by atoms with Crippen molar-refractivity contribution in [1.82, 2.24) is 4.90 Å². The second kappa shape index (κ2) is 10.4. The van der Waals surface area contributed by atoms with Gasteiger partial charge in [-0.15, -0.1) is 13.2 Å². The summed E-state index contributed by atoms with van der Waals surface area (Å²) in [5.74, 6) is -1.39. The number of halogens is 4. The summed E-state index contributed by atoms with van der Waals surface area (Å²) < 4.78 is 45.2. The number of nitrogens with zero attached hydrogens (tertiary/aromatic N) is 2. The van der Waals surface area contributed by atoms with Crippen molar-refractivity contribution in [2.75, 3.05) is 37.7 Å². The molecule has 0 N–H and O–H groups in total. The molecule has 1 heterocycles. The molecule has 0 saturated carbocycles. The number of alkyl halides is 3. The van der Waals surface area contributed by atoms with Gasteiger partial charge in [0.2, 0.25) is 0 Å². The fourth-order valence-corrected chi connectivity index (χ4v) is 3.29. The number of piperazine rings is 1. The van der Waals surface area contributed by atoms with Gasteiger partial charge in [-0.1, -0.05) is 29.8 Å². The molecule has 1 saturated heterocycles. The van der Waals surface area contributed by atoms with E-state index in [9.17, 15) is 22.8 Å². The molecule has 32 heavy (non-hydrogen) atoms. The molecular weight excluding hydrogens is 449 g/mol. The molecule has 2 aromatic rings. The minimum Gasteiger partial charge on any atom is -0.452 e. The van der Waals surface area contributed by atoms with Crippen LogP contribution in [-0.2, 0) is 14.3 Å². The number of anilines is 1. The van der Waals surface area contributed by atoms with E-state index in [4.69, 9.17) is 16.3 Å². The maximum absolute atomic E-state index is 12.3. The summed E-state index contributed by atoms with van der Waals surface area (Å²) in [6.45, 7) is 1.86. The van der Waals surface area contributed by atoms with E-state index in [0.29, 0.717) is 36.8 Å². The van der Waals surface area contributed by atoms with Crippen LogP contribution in [0.3, 0.4) is 0 Å². The third-order valence-corrected chi connectivity index (χ3v) is 4.90. The lowest BCUT2D eigenvalue weighted by Gasteiger charge is -2.36. The Kier molecular flexibility index (Phi) is 7.63. The summed E-state index contributed by atoms with van der Waals surface area (Å²) in [7, 11) is 0. The molecule has 1 aliphatic rings. The molecule has 1 aliphatic heterocycles. The molecule has 0 atom stereocenters. The van der Waals surface area contributed by atoms with Crippen molar-refractivity contribution in [2.45, 2.75) is 6.36 Å². The fraction of sp³-hybridized carbons (Fsp3) is 0.273. The zero-order valence-corrected chi connectivity index (χ0v) is 17.6. The molecule has 0 aromatic heterocycles. The predicted octanol–water partition coefficient (Wildman–Crippen LogP) is 4.14. The highest BCUT2D eigenvalue weighted by atomic mass is 35.5. The first-order valence-corrected chi connectivity index (χ1v) is 10.1. The number of carbonyl (C=O) groups excluding carboxylic acids is 2. The third-order valence-electron chi connectivity index (χ3n) is 4.67. The van der Waals surface area contributed by atoms with Gasteiger partial charge in [-0.3, -0.25) is 4.79 Å². The van der Waals surface area contributed by atoms with E-state index in [0.717, 1.165) is 23.9 Å². The van der Waals surface area contributed by atoms with Crippen LogP contribution in [0.4, 0.5) is 18.9 Å². The molecule has 0 aliphatic carbocycles. The van der Waals surface area contributed by atoms with E-state index in [1.54, 1.807) is 11.0 Å². The SMILES string of the molecule is O=C(/C=C/c1ccc(OC(F)(F)F)cc1)OCC(=O)N1CCN(c2cccc(Cl)c2)CC1. The summed E-state index contributed by atoms with van der Waals surface area (Å²) in [5, 5.41) is 0.645. The van der Waals surface area contributed by atoms with Crippen molar-refractivity contribution in [3.05, 3.63) is 65.2 Å². The largest absolute Gasteiger partial charge is 0.573 e.